The third-order valence-electron chi connectivity index (χ3n) is 1.67. The second-order valence-corrected chi connectivity index (χ2v) is 10.5. The first kappa shape index (κ1) is 16.9. The second kappa shape index (κ2) is 6.19. The summed E-state index contributed by atoms with van der Waals surface area (Å²) in [7, 11) is -1.82. The van der Waals surface area contributed by atoms with E-state index in [0.717, 1.165) is 0 Å². The van der Waals surface area contributed by atoms with Crippen LogP contribution in [0, 0.1) is 0 Å². The maximum atomic E-state index is 11.5. The molecule has 0 spiro atoms. The molecular weight excluding hydrogens is 254 g/mol. The van der Waals surface area contributed by atoms with Crippen LogP contribution in [0.2, 0.25) is 19.6 Å². The van der Waals surface area contributed by atoms with E-state index in [4.69, 9.17) is 14.3 Å². The highest BCUT2D eigenvalue weighted by Gasteiger charge is 2.26. The summed E-state index contributed by atoms with van der Waals surface area (Å²) in [5.41, 5.74) is -0.660. The Labute approximate surface area is 109 Å². The number of hydrogen-bond donors (Lipinski definition) is 2. The molecule has 0 saturated heterocycles. The number of ether oxygens (including phenoxy) is 1. The summed E-state index contributed by atoms with van der Waals surface area (Å²) in [6.45, 7) is 10.9. The zero-order valence-electron chi connectivity index (χ0n) is 11.9. The topological polar surface area (TPSA) is 84.9 Å². The van der Waals surface area contributed by atoms with Crippen molar-refractivity contribution in [3.05, 3.63) is 0 Å². The lowest BCUT2D eigenvalue weighted by molar-refractivity contribution is -0.140. The van der Waals surface area contributed by atoms with Crippen molar-refractivity contribution in [3.63, 3.8) is 0 Å². The summed E-state index contributed by atoms with van der Waals surface area (Å²) in [4.78, 5) is 22.4. The standard InChI is InChI=1S/C11H23NO5Si/c1-11(2,3)17-10(15)12-8(9(13)14)7-16-18(4,5)6/h8H,7H2,1-6H3,(H,12,15)(H,13,14)/t8-/m0/s1. The summed E-state index contributed by atoms with van der Waals surface area (Å²) in [6, 6.07) is -1.09. The van der Waals surface area contributed by atoms with E-state index >= 15 is 0 Å². The fourth-order valence-corrected chi connectivity index (χ4v) is 1.62. The average molecular weight is 277 g/mol. The van der Waals surface area contributed by atoms with Crippen LogP contribution in [0.4, 0.5) is 4.79 Å². The van der Waals surface area contributed by atoms with E-state index in [2.05, 4.69) is 5.32 Å². The molecule has 0 aromatic rings. The first-order valence-electron chi connectivity index (χ1n) is 5.77. The van der Waals surface area contributed by atoms with Gasteiger partial charge in [-0.05, 0) is 40.4 Å². The Morgan fingerprint density at radius 3 is 2.11 bits per heavy atom. The molecule has 0 aliphatic carbocycles. The zero-order chi connectivity index (χ0) is 14.6. The lowest BCUT2D eigenvalue weighted by atomic mass is 10.2. The number of carboxylic acid groups (broad SMARTS) is 1. The molecule has 6 nitrogen and oxygen atoms in total. The first-order valence-corrected chi connectivity index (χ1v) is 9.18. The van der Waals surface area contributed by atoms with Crippen molar-refractivity contribution in [1.82, 2.24) is 5.32 Å². The number of alkyl carbamates (subject to hydrolysis) is 1. The Morgan fingerprint density at radius 2 is 1.78 bits per heavy atom. The van der Waals surface area contributed by atoms with Gasteiger partial charge in [-0.2, -0.15) is 0 Å². The highest BCUT2D eigenvalue weighted by atomic mass is 28.4. The predicted octanol–water partition coefficient (Wildman–Crippen LogP) is 1.82. The van der Waals surface area contributed by atoms with Crippen LogP contribution < -0.4 is 5.32 Å². The number of carbonyl (C=O) groups excluding carboxylic acids is 1. The van der Waals surface area contributed by atoms with Crippen molar-refractivity contribution in [2.24, 2.45) is 0 Å². The van der Waals surface area contributed by atoms with Crippen molar-refractivity contribution in [1.29, 1.82) is 0 Å². The minimum atomic E-state index is -1.82. The highest BCUT2D eigenvalue weighted by molar-refractivity contribution is 6.69. The molecular formula is C11H23NO5Si. The number of aliphatic carboxylic acids is 1. The van der Waals surface area contributed by atoms with Gasteiger partial charge in [-0.25, -0.2) is 9.59 Å². The number of carbonyl (C=O) groups is 2. The molecule has 7 heteroatoms. The van der Waals surface area contributed by atoms with Gasteiger partial charge in [0.1, 0.15) is 5.60 Å². The number of amides is 1. The minimum absolute atomic E-state index is 0.0513. The third-order valence-corrected chi connectivity index (χ3v) is 2.70. The molecule has 0 bridgehead atoms. The quantitative estimate of drug-likeness (QED) is 0.749. The fourth-order valence-electron chi connectivity index (χ4n) is 0.958. The van der Waals surface area contributed by atoms with Crippen molar-refractivity contribution in [3.8, 4) is 0 Å². The van der Waals surface area contributed by atoms with Gasteiger partial charge >= 0.3 is 12.1 Å². The van der Waals surface area contributed by atoms with Crippen molar-refractivity contribution in [2.45, 2.75) is 52.1 Å². The monoisotopic (exact) mass is 277 g/mol. The van der Waals surface area contributed by atoms with Crippen LogP contribution in [0.1, 0.15) is 20.8 Å². The predicted molar refractivity (Wildman–Crippen MR) is 70.1 cm³/mol. The average Bonchev–Trinajstić information content (AvgIpc) is 2.06. The molecule has 0 radical (unpaired) electrons. The van der Waals surface area contributed by atoms with Gasteiger partial charge in [0.25, 0.3) is 0 Å². The molecule has 0 aromatic carbocycles. The minimum Gasteiger partial charge on any atom is -0.480 e. The van der Waals surface area contributed by atoms with Gasteiger partial charge < -0.3 is 19.6 Å². The fraction of sp³-hybridized carbons (Fsp3) is 0.818. The highest BCUT2D eigenvalue weighted by Crippen LogP contribution is 2.08. The van der Waals surface area contributed by atoms with E-state index in [1.807, 2.05) is 19.6 Å². The smallest absolute Gasteiger partial charge is 0.408 e. The van der Waals surface area contributed by atoms with Gasteiger partial charge in [-0.15, -0.1) is 0 Å². The summed E-state index contributed by atoms with van der Waals surface area (Å²) in [5.74, 6) is -1.14. The zero-order valence-corrected chi connectivity index (χ0v) is 12.9. The van der Waals surface area contributed by atoms with E-state index in [1.165, 1.54) is 0 Å². The summed E-state index contributed by atoms with van der Waals surface area (Å²) in [6.07, 6.45) is -0.755. The second-order valence-electron chi connectivity index (χ2n) is 5.96. The van der Waals surface area contributed by atoms with E-state index < -0.39 is 32.0 Å². The summed E-state index contributed by atoms with van der Waals surface area (Å²) >= 11 is 0. The van der Waals surface area contributed by atoms with Gasteiger partial charge in [0.2, 0.25) is 0 Å². The van der Waals surface area contributed by atoms with Gasteiger partial charge in [-0.1, -0.05) is 0 Å². The summed E-state index contributed by atoms with van der Waals surface area (Å²) in [5, 5.41) is 11.3. The van der Waals surface area contributed by atoms with E-state index in [1.54, 1.807) is 20.8 Å². The van der Waals surface area contributed by atoms with Crippen LogP contribution in [-0.4, -0.2) is 43.7 Å². The normalized spacial score (nSPS) is 13.9. The number of hydrogen-bond acceptors (Lipinski definition) is 4. The number of rotatable bonds is 5. The van der Waals surface area contributed by atoms with Gasteiger partial charge in [0, 0.05) is 0 Å². The van der Waals surface area contributed by atoms with Crippen LogP contribution in [0.25, 0.3) is 0 Å². The van der Waals surface area contributed by atoms with E-state index in [-0.39, 0.29) is 6.61 Å². The largest absolute Gasteiger partial charge is 0.480 e. The number of carboxylic acids is 1. The molecule has 1 atom stereocenters. The molecule has 18 heavy (non-hydrogen) atoms. The first-order chi connectivity index (χ1) is 7.91. The van der Waals surface area contributed by atoms with Crippen LogP contribution in [0.3, 0.4) is 0 Å². The summed E-state index contributed by atoms with van der Waals surface area (Å²) < 4.78 is 10.5. The maximum Gasteiger partial charge on any atom is 0.408 e. The van der Waals surface area contributed by atoms with Crippen molar-refractivity contribution in [2.75, 3.05) is 6.61 Å². The van der Waals surface area contributed by atoms with Crippen LogP contribution >= 0.6 is 0 Å². The molecule has 0 heterocycles. The van der Waals surface area contributed by atoms with Crippen LogP contribution in [0.15, 0.2) is 0 Å². The Hall–Kier alpha value is -1.08. The Morgan fingerprint density at radius 1 is 1.28 bits per heavy atom. The van der Waals surface area contributed by atoms with Crippen molar-refractivity contribution < 1.29 is 23.9 Å². The lowest BCUT2D eigenvalue weighted by Gasteiger charge is -2.24. The molecule has 2 N–H and O–H groups in total. The molecule has 0 unspecified atom stereocenters. The lowest BCUT2D eigenvalue weighted by Crippen LogP contribution is -2.47. The molecule has 0 aliphatic rings. The van der Waals surface area contributed by atoms with Gasteiger partial charge in [-0.3, -0.25) is 0 Å². The Kier molecular flexibility index (Phi) is 5.82. The van der Waals surface area contributed by atoms with E-state index in [0.29, 0.717) is 0 Å². The maximum absolute atomic E-state index is 11.5. The molecule has 1 amide bonds. The third kappa shape index (κ3) is 9.00. The van der Waals surface area contributed by atoms with Crippen LogP contribution in [0.5, 0.6) is 0 Å². The molecule has 0 rings (SSSR count). The van der Waals surface area contributed by atoms with Gasteiger partial charge in [0.05, 0.1) is 6.61 Å². The Bertz CT molecular complexity index is 306. The molecule has 0 fully saturated rings. The SMILES string of the molecule is CC(C)(C)OC(=O)N[C@@H](CO[Si](C)(C)C)C(=O)O. The molecule has 0 aliphatic heterocycles. The van der Waals surface area contributed by atoms with Crippen LogP contribution in [-0.2, 0) is 14.0 Å². The molecule has 106 valence electrons. The van der Waals surface area contributed by atoms with Gasteiger partial charge in [0.15, 0.2) is 14.4 Å². The number of nitrogens with one attached hydrogen (secondary N) is 1. The van der Waals surface area contributed by atoms with Crippen molar-refractivity contribution >= 4 is 20.4 Å². The molecule has 0 aromatic heterocycles. The Balaban J connectivity index is 4.37. The molecule has 0 saturated carbocycles. The van der Waals surface area contributed by atoms with E-state index in [9.17, 15) is 9.59 Å².